The van der Waals surface area contributed by atoms with Gasteiger partial charge in [0.25, 0.3) is 5.69 Å². The minimum atomic E-state index is -0.399. The van der Waals surface area contributed by atoms with E-state index in [0.29, 0.717) is 30.0 Å². The molecule has 2 rings (SSSR count). The summed E-state index contributed by atoms with van der Waals surface area (Å²) in [5.74, 6) is 0. The Kier molecular flexibility index (Phi) is 3.84. The van der Waals surface area contributed by atoms with Crippen molar-refractivity contribution in [1.82, 2.24) is 5.32 Å². The molecule has 0 radical (unpaired) electrons. The predicted molar refractivity (Wildman–Crippen MR) is 71.7 cm³/mol. The number of nitro groups is 1. The lowest BCUT2D eigenvalue weighted by molar-refractivity contribution is -0.384. The Balaban J connectivity index is 2.50. The Morgan fingerprint density at radius 3 is 2.74 bits per heavy atom. The van der Waals surface area contributed by atoms with Gasteiger partial charge in [0, 0.05) is 42.8 Å². The van der Waals surface area contributed by atoms with Crippen molar-refractivity contribution in [2.45, 2.75) is 6.92 Å². The van der Waals surface area contributed by atoms with Crippen LogP contribution in [-0.2, 0) is 0 Å². The number of azide groups is 1. The van der Waals surface area contributed by atoms with Crippen LogP contribution in [0.1, 0.15) is 5.56 Å². The molecular weight excluding hydrogens is 248 g/mol. The molecule has 1 heterocycles. The molecule has 0 aromatic heterocycles. The monoisotopic (exact) mass is 262 g/mol. The van der Waals surface area contributed by atoms with Crippen LogP contribution in [0.2, 0.25) is 0 Å². The summed E-state index contributed by atoms with van der Waals surface area (Å²) in [5.41, 5.74) is 10.1. The van der Waals surface area contributed by atoms with Gasteiger partial charge in [0.15, 0.2) is 0 Å². The Labute approximate surface area is 109 Å². The number of benzene rings is 1. The Morgan fingerprint density at radius 1 is 1.47 bits per heavy atom. The van der Waals surface area contributed by atoms with Gasteiger partial charge in [-0.25, -0.2) is 0 Å². The Bertz CT molecular complexity index is 546. The van der Waals surface area contributed by atoms with E-state index < -0.39 is 4.92 Å². The Hall–Kier alpha value is -2.31. The highest BCUT2D eigenvalue weighted by Crippen LogP contribution is 2.35. The lowest BCUT2D eigenvalue weighted by Gasteiger charge is -2.29. The van der Waals surface area contributed by atoms with E-state index in [4.69, 9.17) is 5.53 Å². The van der Waals surface area contributed by atoms with E-state index in [0.717, 1.165) is 13.1 Å². The van der Waals surface area contributed by atoms with Gasteiger partial charge in [-0.15, -0.1) is 0 Å². The van der Waals surface area contributed by atoms with E-state index in [2.05, 4.69) is 15.3 Å². The van der Waals surface area contributed by atoms with Crippen molar-refractivity contribution in [2.75, 3.05) is 31.1 Å². The van der Waals surface area contributed by atoms with Crippen LogP contribution in [-0.4, -0.2) is 31.1 Å². The minimum absolute atomic E-state index is 0.0521. The zero-order chi connectivity index (χ0) is 13.8. The number of piperazine rings is 1. The number of nitrogens with one attached hydrogen (secondary N) is 1. The first kappa shape index (κ1) is 13.1. The summed E-state index contributed by atoms with van der Waals surface area (Å²) >= 11 is 0. The van der Waals surface area contributed by atoms with Gasteiger partial charge in [0.05, 0.1) is 4.92 Å². The first-order chi connectivity index (χ1) is 9.13. The summed E-state index contributed by atoms with van der Waals surface area (Å²) in [4.78, 5) is 15.4. The zero-order valence-electron chi connectivity index (χ0n) is 10.5. The molecule has 1 aromatic carbocycles. The summed E-state index contributed by atoms with van der Waals surface area (Å²) in [6, 6.07) is 3.06. The first-order valence-electron chi connectivity index (χ1n) is 5.93. The second-order valence-electron chi connectivity index (χ2n) is 4.31. The highest BCUT2D eigenvalue weighted by molar-refractivity contribution is 5.71. The Morgan fingerprint density at radius 2 is 2.16 bits per heavy atom. The number of aryl methyl sites for hydroxylation is 1. The van der Waals surface area contributed by atoms with Gasteiger partial charge in [0.1, 0.15) is 5.69 Å². The molecule has 0 bridgehead atoms. The normalized spacial score (nSPS) is 14.9. The molecule has 0 atom stereocenters. The molecule has 1 N–H and O–H groups in total. The summed E-state index contributed by atoms with van der Waals surface area (Å²) < 4.78 is 0. The second kappa shape index (κ2) is 5.55. The average Bonchev–Trinajstić information content (AvgIpc) is 2.41. The van der Waals surface area contributed by atoms with E-state index in [1.165, 1.54) is 6.07 Å². The smallest absolute Gasteiger partial charge is 0.292 e. The van der Waals surface area contributed by atoms with Gasteiger partial charge in [-0.3, -0.25) is 10.1 Å². The number of rotatable bonds is 3. The quantitative estimate of drug-likeness (QED) is 0.296. The van der Waals surface area contributed by atoms with Crippen LogP contribution in [0.15, 0.2) is 17.2 Å². The maximum atomic E-state index is 11.1. The number of anilines is 1. The van der Waals surface area contributed by atoms with Crippen LogP contribution in [0.4, 0.5) is 17.1 Å². The SMILES string of the molecule is Cc1cc([N+](=O)[O-])c(N2CCNCC2)cc1N=[N+]=[N-]. The molecule has 0 unspecified atom stereocenters. The standard InChI is InChI=1S/C11H14N6O2/c1-8-6-11(17(18)19)10(7-9(8)14-15-12)16-4-2-13-3-5-16/h6-7,13H,2-5H2,1H3. The molecule has 1 fully saturated rings. The third kappa shape index (κ3) is 2.75. The molecule has 1 aromatic rings. The molecule has 1 aliphatic rings. The zero-order valence-corrected chi connectivity index (χ0v) is 10.5. The van der Waals surface area contributed by atoms with Crippen LogP contribution < -0.4 is 10.2 Å². The average molecular weight is 262 g/mol. The van der Waals surface area contributed by atoms with Crippen LogP contribution in [0, 0.1) is 17.0 Å². The maximum Gasteiger partial charge on any atom is 0.292 e. The van der Waals surface area contributed by atoms with E-state index in [1.807, 2.05) is 4.90 Å². The maximum absolute atomic E-state index is 11.1. The molecule has 0 amide bonds. The van der Waals surface area contributed by atoms with Crippen LogP contribution >= 0.6 is 0 Å². The fraction of sp³-hybridized carbons (Fsp3) is 0.455. The van der Waals surface area contributed by atoms with Crippen molar-refractivity contribution in [1.29, 1.82) is 0 Å². The number of nitrogens with zero attached hydrogens (tertiary/aromatic N) is 5. The summed E-state index contributed by atoms with van der Waals surface area (Å²) in [6.45, 7) is 4.64. The molecule has 0 spiro atoms. The first-order valence-corrected chi connectivity index (χ1v) is 5.93. The third-order valence-corrected chi connectivity index (χ3v) is 3.10. The molecule has 19 heavy (non-hydrogen) atoms. The van der Waals surface area contributed by atoms with Gasteiger partial charge in [-0.05, 0) is 24.1 Å². The highest BCUT2D eigenvalue weighted by atomic mass is 16.6. The summed E-state index contributed by atoms with van der Waals surface area (Å²) in [7, 11) is 0. The van der Waals surface area contributed by atoms with Gasteiger partial charge >= 0.3 is 0 Å². The van der Waals surface area contributed by atoms with Crippen molar-refractivity contribution in [3.63, 3.8) is 0 Å². The van der Waals surface area contributed by atoms with Gasteiger partial charge in [-0.1, -0.05) is 5.11 Å². The number of nitro benzene ring substituents is 1. The van der Waals surface area contributed by atoms with Gasteiger partial charge in [-0.2, -0.15) is 0 Å². The molecule has 0 saturated carbocycles. The molecule has 8 heteroatoms. The van der Waals surface area contributed by atoms with Gasteiger partial charge < -0.3 is 10.2 Å². The van der Waals surface area contributed by atoms with Crippen molar-refractivity contribution >= 4 is 17.1 Å². The molecule has 1 aliphatic heterocycles. The minimum Gasteiger partial charge on any atom is -0.363 e. The van der Waals surface area contributed by atoms with Crippen LogP contribution in [0.5, 0.6) is 0 Å². The fourth-order valence-corrected chi connectivity index (χ4v) is 2.13. The lowest BCUT2D eigenvalue weighted by Crippen LogP contribution is -2.43. The summed E-state index contributed by atoms with van der Waals surface area (Å²) in [5, 5.41) is 17.9. The predicted octanol–water partition coefficient (Wildman–Crippen LogP) is 2.25. The largest absolute Gasteiger partial charge is 0.363 e. The molecule has 100 valence electrons. The highest BCUT2D eigenvalue weighted by Gasteiger charge is 2.22. The van der Waals surface area contributed by atoms with Crippen molar-refractivity contribution in [3.05, 3.63) is 38.3 Å². The van der Waals surface area contributed by atoms with Crippen LogP contribution in [0.25, 0.3) is 10.4 Å². The third-order valence-electron chi connectivity index (χ3n) is 3.10. The summed E-state index contributed by atoms with van der Waals surface area (Å²) in [6.07, 6.45) is 0. The molecule has 1 saturated heterocycles. The van der Waals surface area contributed by atoms with E-state index in [9.17, 15) is 10.1 Å². The van der Waals surface area contributed by atoms with Crippen molar-refractivity contribution in [3.8, 4) is 0 Å². The lowest BCUT2D eigenvalue weighted by atomic mass is 10.1. The van der Waals surface area contributed by atoms with Crippen molar-refractivity contribution < 1.29 is 4.92 Å². The van der Waals surface area contributed by atoms with Crippen LogP contribution in [0.3, 0.4) is 0 Å². The van der Waals surface area contributed by atoms with E-state index in [-0.39, 0.29) is 5.69 Å². The topological polar surface area (TPSA) is 107 Å². The molecule has 8 nitrogen and oxygen atoms in total. The fourth-order valence-electron chi connectivity index (χ4n) is 2.13. The molecular formula is C11H14N6O2. The van der Waals surface area contributed by atoms with E-state index >= 15 is 0 Å². The second-order valence-corrected chi connectivity index (χ2v) is 4.31. The van der Waals surface area contributed by atoms with E-state index in [1.54, 1.807) is 13.0 Å². The molecule has 0 aliphatic carbocycles. The number of hydrogen-bond donors (Lipinski definition) is 1. The number of hydrogen-bond acceptors (Lipinski definition) is 5. The van der Waals surface area contributed by atoms with Crippen molar-refractivity contribution in [2.24, 2.45) is 5.11 Å². The van der Waals surface area contributed by atoms with Gasteiger partial charge in [0.2, 0.25) is 0 Å².